The number of benzene rings is 1. The van der Waals surface area contributed by atoms with E-state index in [0.717, 1.165) is 18.4 Å². The minimum atomic E-state index is -3.42. The fourth-order valence-corrected chi connectivity index (χ4v) is 1.85. The normalized spacial score (nSPS) is 11.2. The maximum Gasteiger partial charge on any atom is 0.231 e. The van der Waals surface area contributed by atoms with Crippen LogP contribution >= 0.6 is 0 Å². The number of hydrogen-bond donors (Lipinski definition) is 2. The van der Waals surface area contributed by atoms with Gasteiger partial charge in [0.15, 0.2) is 23.3 Å². The van der Waals surface area contributed by atoms with Gasteiger partial charge in [-0.05, 0) is 24.3 Å². The molecule has 0 amide bonds. The molecule has 0 aliphatic carbocycles. The summed E-state index contributed by atoms with van der Waals surface area (Å²) in [5.41, 5.74) is 0.294. The zero-order valence-electron chi connectivity index (χ0n) is 10.3. The average molecular weight is 300 g/mol. The average Bonchev–Trinajstić information content (AvgIpc) is 2.35. The zero-order chi connectivity index (χ0) is 14.8. The van der Waals surface area contributed by atoms with Crippen LogP contribution in [0.2, 0.25) is 0 Å². The second kappa shape index (κ2) is 5.37. The van der Waals surface area contributed by atoms with Gasteiger partial charge in [0.1, 0.15) is 0 Å². The van der Waals surface area contributed by atoms with Crippen LogP contribution in [-0.2, 0) is 10.0 Å². The molecule has 0 unspecified atom stereocenters. The van der Waals surface area contributed by atoms with Crippen molar-refractivity contribution in [3.63, 3.8) is 0 Å². The zero-order valence-corrected chi connectivity index (χ0v) is 11.1. The molecule has 0 saturated carbocycles. The van der Waals surface area contributed by atoms with E-state index in [4.69, 9.17) is 0 Å². The van der Waals surface area contributed by atoms with Crippen LogP contribution in [0.25, 0.3) is 0 Å². The molecule has 2 rings (SSSR count). The van der Waals surface area contributed by atoms with E-state index in [9.17, 15) is 17.2 Å². The molecule has 1 aromatic heterocycles. The number of aromatic nitrogens is 2. The lowest BCUT2D eigenvalue weighted by Crippen LogP contribution is -2.11. The van der Waals surface area contributed by atoms with E-state index < -0.39 is 21.7 Å². The smallest absolute Gasteiger partial charge is 0.231 e. The Kier molecular flexibility index (Phi) is 3.79. The van der Waals surface area contributed by atoms with Crippen molar-refractivity contribution in [3.05, 3.63) is 42.0 Å². The standard InChI is InChI=1S/C11H10F2N4O2S/c1-20(18,19)17-11-5-4-10(15-16-11)14-7-2-3-8(12)9(13)6-7/h2-6H,1H3,(H,14,15)(H,16,17). The summed E-state index contributed by atoms with van der Waals surface area (Å²) in [4.78, 5) is 0. The molecule has 0 bridgehead atoms. The van der Waals surface area contributed by atoms with Gasteiger partial charge in [-0.15, -0.1) is 10.2 Å². The number of nitrogens with one attached hydrogen (secondary N) is 2. The largest absolute Gasteiger partial charge is 0.339 e. The molecule has 0 saturated heterocycles. The van der Waals surface area contributed by atoms with Gasteiger partial charge in [-0.1, -0.05) is 0 Å². The number of nitrogens with zero attached hydrogens (tertiary/aromatic N) is 2. The van der Waals surface area contributed by atoms with Crippen LogP contribution in [0.3, 0.4) is 0 Å². The maximum atomic E-state index is 13.0. The Balaban J connectivity index is 2.12. The van der Waals surface area contributed by atoms with Gasteiger partial charge in [0.25, 0.3) is 0 Å². The Morgan fingerprint density at radius 1 is 1.00 bits per heavy atom. The van der Waals surface area contributed by atoms with Gasteiger partial charge in [-0.25, -0.2) is 17.2 Å². The fraction of sp³-hybridized carbons (Fsp3) is 0.0909. The Labute approximate surface area is 113 Å². The van der Waals surface area contributed by atoms with Crippen molar-refractivity contribution >= 4 is 27.3 Å². The minimum Gasteiger partial charge on any atom is -0.339 e. The van der Waals surface area contributed by atoms with Gasteiger partial charge in [0, 0.05) is 11.8 Å². The highest BCUT2D eigenvalue weighted by molar-refractivity contribution is 7.92. The van der Waals surface area contributed by atoms with E-state index in [1.54, 1.807) is 0 Å². The maximum absolute atomic E-state index is 13.0. The summed E-state index contributed by atoms with van der Waals surface area (Å²) in [6, 6.07) is 6.12. The molecule has 0 aliphatic rings. The molecule has 0 atom stereocenters. The highest BCUT2D eigenvalue weighted by Gasteiger charge is 2.06. The van der Waals surface area contributed by atoms with Crippen molar-refractivity contribution in [1.82, 2.24) is 10.2 Å². The number of rotatable bonds is 4. The molecule has 20 heavy (non-hydrogen) atoms. The van der Waals surface area contributed by atoms with Crippen LogP contribution in [0.4, 0.5) is 26.1 Å². The van der Waals surface area contributed by atoms with Crippen molar-refractivity contribution in [2.45, 2.75) is 0 Å². The summed E-state index contributed by atoms with van der Waals surface area (Å²) in [6.07, 6.45) is 0.988. The molecule has 0 fully saturated rings. The molecule has 106 valence electrons. The molecule has 0 aliphatic heterocycles. The van der Waals surface area contributed by atoms with E-state index in [1.807, 2.05) is 0 Å². The first kappa shape index (κ1) is 14.1. The van der Waals surface area contributed by atoms with Crippen molar-refractivity contribution in [2.24, 2.45) is 0 Å². The number of halogens is 2. The SMILES string of the molecule is CS(=O)(=O)Nc1ccc(Nc2ccc(F)c(F)c2)nn1. The van der Waals surface area contributed by atoms with Crippen LogP contribution in [0.5, 0.6) is 0 Å². The third kappa shape index (κ3) is 3.85. The van der Waals surface area contributed by atoms with Crippen LogP contribution in [0.1, 0.15) is 0 Å². The Morgan fingerprint density at radius 2 is 1.65 bits per heavy atom. The lowest BCUT2D eigenvalue weighted by Gasteiger charge is -2.06. The first-order valence-electron chi connectivity index (χ1n) is 5.37. The molecule has 2 N–H and O–H groups in total. The molecule has 2 aromatic rings. The Morgan fingerprint density at radius 3 is 2.20 bits per heavy atom. The predicted octanol–water partition coefficient (Wildman–Crippen LogP) is 1.87. The van der Waals surface area contributed by atoms with E-state index in [-0.39, 0.29) is 11.6 Å². The first-order valence-corrected chi connectivity index (χ1v) is 7.26. The number of sulfonamides is 1. The molecule has 9 heteroatoms. The van der Waals surface area contributed by atoms with Gasteiger partial charge in [0.05, 0.1) is 6.26 Å². The summed E-state index contributed by atoms with van der Waals surface area (Å²) in [6.45, 7) is 0. The van der Waals surface area contributed by atoms with Gasteiger partial charge < -0.3 is 5.32 Å². The van der Waals surface area contributed by atoms with E-state index >= 15 is 0 Å². The third-order valence-corrected chi connectivity index (χ3v) is 2.73. The highest BCUT2D eigenvalue weighted by atomic mass is 32.2. The number of hydrogen-bond acceptors (Lipinski definition) is 5. The second-order valence-corrected chi connectivity index (χ2v) is 5.68. The van der Waals surface area contributed by atoms with Gasteiger partial charge in [-0.3, -0.25) is 4.72 Å². The number of anilines is 3. The van der Waals surface area contributed by atoms with Crippen molar-refractivity contribution < 1.29 is 17.2 Å². The Hall–Kier alpha value is -2.29. The van der Waals surface area contributed by atoms with E-state index in [0.29, 0.717) is 5.69 Å². The van der Waals surface area contributed by atoms with Crippen LogP contribution in [0, 0.1) is 11.6 Å². The van der Waals surface area contributed by atoms with E-state index in [1.165, 1.54) is 18.2 Å². The third-order valence-electron chi connectivity index (χ3n) is 2.15. The molecular formula is C11H10F2N4O2S. The monoisotopic (exact) mass is 300 g/mol. The quantitative estimate of drug-likeness (QED) is 0.900. The predicted molar refractivity (Wildman–Crippen MR) is 70.1 cm³/mol. The second-order valence-electron chi connectivity index (χ2n) is 3.93. The van der Waals surface area contributed by atoms with Gasteiger partial charge in [0.2, 0.25) is 10.0 Å². The van der Waals surface area contributed by atoms with Crippen LogP contribution in [-0.4, -0.2) is 24.9 Å². The van der Waals surface area contributed by atoms with E-state index in [2.05, 4.69) is 20.2 Å². The summed E-state index contributed by atoms with van der Waals surface area (Å²) in [5.74, 6) is -1.62. The molecule has 0 spiro atoms. The summed E-state index contributed by atoms with van der Waals surface area (Å²) in [7, 11) is -3.42. The van der Waals surface area contributed by atoms with Crippen LogP contribution in [0.15, 0.2) is 30.3 Å². The lowest BCUT2D eigenvalue weighted by molar-refractivity contribution is 0.509. The summed E-state index contributed by atoms with van der Waals surface area (Å²) >= 11 is 0. The topological polar surface area (TPSA) is 84.0 Å². The fourth-order valence-electron chi connectivity index (χ4n) is 1.37. The van der Waals surface area contributed by atoms with Crippen molar-refractivity contribution in [3.8, 4) is 0 Å². The molecule has 6 nitrogen and oxygen atoms in total. The molecular weight excluding hydrogens is 290 g/mol. The summed E-state index contributed by atoms with van der Waals surface area (Å²) in [5, 5.41) is 10.0. The Bertz CT molecular complexity index is 720. The highest BCUT2D eigenvalue weighted by Crippen LogP contribution is 2.17. The molecule has 1 aromatic carbocycles. The molecule has 1 heterocycles. The lowest BCUT2D eigenvalue weighted by atomic mass is 10.3. The molecule has 0 radical (unpaired) electrons. The van der Waals surface area contributed by atoms with Crippen molar-refractivity contribution in [1.29, 1.82) is 0 Å². The minimum absolute atomic E-state index is 0.0586. The van der Waals surface area contributed by atoms with Gasteiger partial charge >= 0.3 is 0 Å². The summed E-state index contributed by atoms with van der Waals surface area (Å²) < 4.78 is 49.9. The first-order chi connectivity index (χ1) is 9.33. The van der Waals surface area contributed by atoms with Crippen molar-refractivity contribution in [2.75, 3.05) is 16.3 Å². The van der Waals surface area contributed by atoms with Gasteiger partial charge in [-0.2, -0.15) is 0 Å². The van der Waals surface area contributed by atoms with Crippen LogP contribution < -0.4 is 10.0 Å².